The zero-order valence-corrected chi connectivity index (χ0v) is 10.8. The van der Waals surface area contributed by atoms with Crippen LogP contribution in [0.25, 0.3) is 0 Å². The first-order chi connectivity index (χ1) is 9.72. The van der Waals surface area contributed by atoms with E-state index in [2.05, 4.69) is 11.9 Å². The highest BCUT2D eigenvalue weighted by atomic mass is 16.1. The van der Waals surface area contributed by atoms with Gasteiger partial charge in [0.1, 0.15) is 0 Å². The van der Waals surface area contributed by atoms with Gasteiger partial charge in [-0.3, -0.25) is 9.59 Å². The van der Waals surface area contributed by atoms with Crippen LogP contribution < -0.4 is 5.32 Å². The third-order valence-corrected chi connectivity index (χ3v) is 3.38. The van der Waals surface area contributed by atoms with Gasteiger partial charge < -0.3 is 5.32 Å². The second-order valence-corrected chi connectivity index (χ2v) is 4.63. The van der Waals surface area contributed by atoms with Gasteiger partial charge in [0.05, 0.1) is 0 Å². The van der Waals surface area contributed by atoms with Crippen molar-refractivity contribution in [2.45, 2.75) is 0 Å². The molecule has 0 saturated heterocycles. The quantitative estimate of drug-likeness (QED) is 0.739. The molecule has 0 bridgehead atoms. The summed E-state index contributed by atoms with van der Waals surface area (Å²) < 4.78 is 0. The van der Waals surface area contributed by atoms with Crippen molar-refractivity contribution < 1.29 is 9.59 Å². The van der Waals surface area contributed by atoms with Crippen LogP contribution >= 0.6 is 0 Å². The number of nitrogens with one attached hydrogen (secondary N) is 1. The zero-order chi connectivity index (χ0) is 14.1. The summed E-state index contributed by atoms with van der Waals surface area (Å²) >= 11 is 0. The molecular weight excluding hydrogens is 250 g/mol. The molecule has 0 heterocycles. The van der Waals surface area contributed by atoms with E-state index in [1.165, 1.54) is 0 Å². The number of carbonyl (C=O) groups excluding carboxylic acids is 2. The maximum atomic E-state index is 12.5. The topological polar surface area (TPSA) is 46.2 Å². The first-order valence-corrected chi connectivity index (χ1v) is 6.39. The third kappa shape index (κ3) is 1.84. The molecule has 3 nitrogen and oxygen atoms in total. The maximum absolute atomic E-state index is 12.5. The Kier molecular flexibility index (Phi) is 2.95. The minimum atomic E-state index is -0.0996. The largest absolute Gasteiger partial charge is 0.382 e. The van der Waals surface area contributed by atoms with Gasteiger partial charge in [-0.15, -0.1) is 6.58 Å². The monoisotopic (exact) mass is 263 g/mol. The maximum Gasteiger partial charge on any atom is 0.194 e. The van der Waals surface area contributed by atoms with Gasteiger partial charge in [0.2, 0.25) is 0 Å². The summed E-state index contributed by atoms with van der Waals surface area (Å²) in [5.41, 5.74) is 2.70. The summed E-state index contributed by atoms with van der Waals surface area (Å²) in [7, 11) is 0. The van der Waals surface area contributed by atoms with Gasteiger partial charge in [-0.2, -0.15) is 0 Å². The molecule has 0 fully saturated rings. The molecule has 0 saturated carbocycles. The highest BCUT2D eigenvalue weighted by Gasteiger charge is 2.29. The van der Waals surface area contributed by atoms with Crippen molar-refractivity contribution in [2.24, 2.45) is 0 Å². The molecular formula is C17H13NO2. The van der Waals surface area contributed by atoms with E-state index in [1.807, 2.05) is 0 Å². The molecule has 2 aromatic rings. The predicted molar refractivity (Wildman–Crippen MR) is 78.4 cm³/mol. The van der Waals surface area contributed by atoms with E-state index in [1.54, 1.807) is 48.5 Å². The molecule has 3 rings (SSSR count). The number of fused-ring (bicyclic) bond motifs is 2. The molecule has 0 radical (unpaired) electrons. The van der Waals surface area contributed by atoms with Gasteiger partial charge in [0, 0.05) is 34.5 Å². The molecule has 0 aromatic heterocycles. The molecule has 1 aliphatic rings. The van der Waals surface area contributed by atoms with Crippen LogP contribution in [0.1, 0.15) is 31.8 Å². The Bertz CT molecular complexity index is 732. The number of anilines is 1. The summed E-state index contributed by atoms with van der Waals surface area (Å²) in [5, 5.41) is 3.12. The van der Waals surface area contributed by atoms with E-state index in [-0.39, 0.29) is 11.6 Å². The first-order valence-electron chi connectivity index (χ1n) is 6.39. The predicted octanol–water partition coefficient (Wildman–Crippen LogP) is 3.06. The average molecular weight is 263 g/mol. The van der Waals surface area contributed by atoms with Crippen molar-refractivity contribution >= 4 is 17.3 Å². The Morgan fingerprint density at radius 1 is 0.900 bits per heavy atom. The lowest BCUT2D eigenvalue weighted by atomic mass is 9.84. The number of carbonyl (C=O) groups is 2. The summed E-state index contributed by atoms with van der Waals surface area (Å²) in [6.45, 7) is 4.25. The number of rotatable bonds is 3. The molecule has 0 spiro atoms. The number of ketones is 2. The Hall–Kier alpha value is -2.68. The smallest absolute Gasteiger partial charge is 0.194 e. The van der Waals surface area contributed by atoms with Gasteiger partial charge in [-0.25, -0.2) is 0 Å². The van der Waals surface area contributed by atoms with Gasteiger partial charge in [0.25, 0.3) is 0 Å². The number of benzene rings is 2. The molecule has 20 heavy (non-hydrogen) atoms. The van der Waals surface area contributed by atoms with Gasteiger partial charge in [-0.05, 0) is 18.2 Å². The van der Waals surface area contributed by atoms with E-state index in [4.69, 9.17) is 0 Å². The average Bonchev–Trinajstić information content (AvgIpc) is 2.50. The van der Waals surface area contributed by atoms with Crippen LogP contribution in [-0.2, 0) is 0 Å². The molecule has 2 aromatic carbocycles. The second-order valence-electron chi connectivity index (χ2n) is 4.63. The fraction of sp³-hybridized carbons (Fsp3) is 0.0588. The SMILES string of the molecule is C=CCNc1ccc2c(c1)C(=O)c1ccccc1C2=O. The van der Waals surface area contributed by atoms with E-state index in [9.17, 15) is 9.59 Å². The van der Waals surface area contributed by atoms with Gasteiger partial charge >= 0.3 is 0 Å². The number of hydrogen-bond acceptors (Lipinski definition) is 3. The van der Waals surface area contributed by atoms with Crippen LogP contribution in [-0.4, -0.2) is 18.1 Å². The van der Waals surface area contributed by atoms with Crippen molar-refractivity contribution in [2.75, 3.05) is 11.9 Å². The lowest BCUT2D eigenvalue weighted by molar-refractivity contribution is 0.0979. The Balaban J connectivity index is 2.11. The molecule has 3 heteroatoms. The van der Waals surface area contributed by atoms with Crippen molar-refractivity contribution in [1.29, 1.82) is 0 Å². The van der Waals surface area contributed by atoms with Crippen LogP contribution in [0.4, 0.5) is 5.69 Å². The third-order valence-electron chi connectivity index (χ3n) is 3.38. The minimum Gasteiger partial charge on any atom is -0.382 e. The fourth-order valence-electron chi connectivity index (χ4n) is 2.40. The minimum absolute atomic E-state index is 0.0922. The summed E-state index contributed by atoms with van der Waals surface area (Å²) in [6, 6.07) is 12.2. The lowest BCUT2D eigenvalue weighted by Crippen LogP contribution is -2.20. The first kappa shape index (κ1) is 12.4. The van der Waals surface area contributed by atoms with E-state index in [0.717, 1.165) is 5.69 Å². The van der Waals surface area contributed by atoms with Crippen molar-refractivity contribution in [3.05, 3.63) is 77.4 Å². The molecule has 0 aliphatic heterocycles. The van der Waals surface area contributed by atoms with Crippen molar-refractivity contribution in [1.82, 2.24) is 0 Å². The molecule has 1 N–H and O–H groups in total. The lowest BCUT2D eigenvalue weighted by Gasteiger charge is -2.18. The molecule has 0 amide bonds. The van der Waals surface area contributed by atoms with E-state index in [0.29, 0.717) is 28.8 Å². The Labute approximate surface area is 116 Å². The van der Waals surface area contributed by atoms with Crippen molar-refractivity contribution in [3.63, 3.8) is 0 Å². The normalized spacial score (nSPS) is 12.6. The summed E-state index contributed by atoms with van der Waals surface area (Å²) in [6.07, 6.45) is 1.74. The molecule has 98 valence electrons. The van der Waals surface area contributed by atoms with E-state index >= 15 is 0 Å². The van der Waals surface area contributed by atoms with Crippen LogP contribution in [0.15, 0.2) is 55.1 Å². The van der Waals surface area contributed by atoms with Gasteiger partial charge in [0.15, 0.2) is 11.6 Å². The Morgan fingerprint density at radius 3 is 2.15 bits per heavy atom. The van der Waals surface area contributed by atoms with Crippen LogP contribution in [0, 0.1) is 0 Å². The molecule has 1 aliphatic carbocycles. The summed E-state index contributed by atoms with van der Waals surface area (Å²) in [5.74, 6) is -0.192. The van der Waals surface area contributed by atoms with Crippen LogP contribution in [0.2, 0.25) is 0 Å². The van der Waals surface area contributed by atoms with Crippen LogP contribution in [0.3, 0.4) is 0 Å². The van der Waals surface area contributed by atoms with Gasteiger partial charge in [-0.1, -0.05) is 30.3 Å². The Morgan fingerprint density at radius 2 is 1.50 bits per heavy atom. The van der Waals surface area contributed by atoms with Crippen LogP contribution in [0.5, 0.6) is 0 Å². The van der Waals surface area contributed by atoms with Crippen molar-refractivity contribution in [3.8, 4) is 0 Å². The summed E-state index contributed by atoms with van der Waals surface area (Å²) in [4.78, 5) is 24.9. The highest BCUT2D eigenvalue weighted by Crippen LogP contribution is 2.28. The standard InChI is InChI=1S/C17H13NO2/c1-2-9-18-11-7-8-14-15(10-11)17(20)13-6-4-3-5-12(13)16(14)19/h2-8,10,18H,1,9H2. The second kappa shape index (κ2) is 4.78. The number of hydrogen-bond donors (Lipinski definition) is 1. The highest BCUT2D eigenvalue weighted by molar-refractivity contribution is 6.28. The van der Waals surface area contributed by atoms with E-state index < -0.39 is 0 Å². The zero-order valence-electron chi connectivity index (χ0n) is 10.8. The molecule has 0 unspecified atom stereocenters. The molecule has 0 atom stereocenters. The fourth-order valence-corrected chi connectivity index (χ4v) is 2.40.